The smallest absolute Gasteiger partial charge is 0.0661 e. The van der Waals surface area contributed by atoms with Crippen molar-refractivity contribution < 1.29 is 5.11 Å². The zero-order valence-electron chi connectivity index (χ0n) is 9.13. The highest BCUT2D eigenvalue weighted by Gasteiger charge is 2.41. The first-order valence-corrected chi connectivity index (χ1v) is 6.56. The van der Waals surface area contributed by atoms with Crippen molar-refractivity contribution in [3.8, 4) is 0 Å². The largest absolute Gasteiger partial charge is 0.394 e. The zero-order valence-corrected chi connectivity index (χ0v) is 11.5. The minimum absolute atomic E-state index is 0.151. The van der Waals surface area contributed by atoms with Crippen LogP contribution in [0.4, 0.5) is 5.69 Å². The van der Waals surface area contributed by atoms with Gasteiger partial charge >= 0.3 is 0 Å². The number of hydrogen-bond acceptors (Lipinski definition) is 2. The molecular weight excluding hydrogens is 289 g/mol. The molecule has 1 aromatic carbocycles. The highest BCUT2D eigenvalue weighted by atomic mass is 79.9. The van der Waals surface area contributed by atoms with Crippen LogP contribution in [0.25, 0.3) is 0 Å². The van der Waals surface area contributed by atoms with E-state index in [1.807, 2.05) is 18.2 Å². The average molecular weight is 305 g/mol. The third kappa shape index (κ3) is 2.53. The number of benzene rings is 1. The molecule has 1 aliphatic carbocycles. The third-order valence-corrected chi connectivity index (χ3v) is 4.37. The molecule has 0 heterocycles. The van der Waals surface area contributed by atoms with E-state index in [0.29, 0.717) is 10.9 Å². The molecule has 0 aromatic heterocycles. The summed E-state index contributed by atoms with van der Waals surface area (Å²) in [5.74, 6) is 0.576. The fraction of sp³-hybridized carbons (Fsp3) is 0.500. The van der Waals surface area contributed by atoms with Gasteiger partial charge in [-0.3, -0.25) is 0 Å². The summed E-state index contributed by atoms with van der Waals surface area (Å²) in [6.07, 6.45) is 2.39. The molecule has 1 aromatic rings. The van der Waals surface area contributed by atoms with Crippen LogP contribution in [-0.4, -0.2) is 17.3 Å². The summed E-state index contributed by atoms with van der Waals surface area (Å²) in [5, 5.41) is 13.6. The van der Waals surface area contributed by atoms with E-state index in [1.165, 1.54) is 12.8 Å². The van der Waals surface area contributed by atoms with Crippen molar-refractivity contribution in [2.24, 2.45) is 5.92 Å². The topological polar surface area (TPSA) is 32.3 Å². The van der Waals surface area contributed by atoms with Crippen LogP contribution in [0.3, 0.4) is 0 Å². The summed E-state index contributed by atoms with van der Waals surface area (Å²) >= 11 is 9.33. The maximum absolute atomic E-state index is 9.48. The van der Waals surface area contributed by atoms with Gasteiger partial charge in [0.05, 0.1) is 17.2 Å². The van der Waals surface area contributed by atoms with Crippen molar-refractivity contribution >= 4 is 33.2 Å². The van der Waals surface area contributed by atoms with E-state index in [-0.39, 0.29) is 12.1 Å². The minimum Gasteiger partial charge on any atom is -0.394 e. The van der Waals surface area contributed by atoms with Gasteiger partial charge in [-0.2, -0.15) is 0 Å². The Morgan fingerprint density at radius 3 is 2.75 bits per heavy atom. The summed E-state index contributed by atoms with van der Waals surface area (Å²) in [5.41, 5.74) is 0.771. The highest BCUT2D eigenvalue weighted by molar-refractivity contribution is 9.10. The van der Waals surface area contributed by atoms with Crippen LogP contribution in [0.5, 0.6) is 0 Å². The van der Waals surface area contributed by atoms with Gasteiger partial charge in [-0.1, -0.05) is 11.6 Å². The van der Waals surface area contributed by atoms with Crippen LogP contribution in [0.2, 0.25) is 5.02 Å². The van der Waals surface area contributed by atoms with Crippen LogP contribution >= 0.6 is 27.5 Å². The van der Waals surface area contributed by atoms with Crippen LogP contribution in [-0.2, 0) is 0 Å². The van der Waals surface area contributed by atoms with E-state index in [0.717, 1.165) is 10.2 Å². The second-order valence-corrected chi connectivity index (χ2v) is 5.87. The number of anilines is 1. The second kappa shape index (κ2) is 4.55. The molecule has 1 unspecified atom stereocenters. The van der Waals surface area contributed by atoms with Crippen LogP contribution in [0, 0.1) is 5.92 Å². The lowest BCUT2D eigenvalue weighted by Crippen LogP contribution is -2.41. The molecule has 1 fully saturated rings. The van der Waals surface area contributed by atoms with Gasteiger partial charge in [0.2, 0.25) is 0 Å². The Morgan fingerprint density at radius 2 is 2.25 bits per heavy atom. The number of rotatable bonds is 4. The normalized spacial score (nSPS) is 19.2. The zero-order chi connectivity index (χ0) is 11.8. The molecule has 2 N–H and O–H groups in total. The van der Waals surface area contributed by atoms with Crippen molar-refractivity contribution in [2.75, 3.05) is 11.9 Å². The predicted octanol–water partition coefficient (Wildman–Crippen LogP) is 3.68. The fourth-order valence-electron chi connectivity index (χ4n) is 1.89. The van der Waals surface area contributed by atoms with Gasteiger partial charge in [0.1, 0.15) is 0 Å². The van der Waals surface area contributed by atoms with Gasteiger partial charge in [0, 0.05) is 10.2 Å². The Hall–Kier alpha value is -0.250. The lowest BCUT2D eigenvalue weighted by atomic mass is 9.96. The minimum atomic E-state index is -0.215. The van der Waals surface area contributed by atoms with Gasteiger partial charge in [0.15, 0.2) is 0 Å². The maximum atomic E-state index is 9.48. The number of halogens is 2. The van der Waals surface area contributed by atoms with Gasteiger partial charge in [-0.15, -0.1) is 0 Å². The molecule has 0 saturated heterocycles. The fourth-order valence-corrected chi connectivity index (χ4v) is 2.39. The van der Waals surface area contributed by atoms with Gasteiger partial charge in [-0.25, -0.2) is 0 Å². The van der Waals surface area contributed by atoms with E-state index in [2.05, 4.69) is 28.2 Å². The number of aliphatic hydroxyl groups excluding tert-OH is 1. The molecule has 4 heteroatoms. The van der Waals surface area contributed by atoms with E-state index in [1.54, 1.807) is 0 Å². The van der Waals surface area contributed by atoms with E-state index in [9.17, 15) is 5.11 Å². The first-order valence-electron chi connectivity index (χ1n) is 5.39. The SMILES string of the molecule is CC(CO)(Nc1ccc(Cl)c(Br)c1)C1CC1. The van der Waals surface area contributed by atoms with Crippen molar-refractivity contribution in [3.63, 3.8) is 0 Å². The summed E-state index contributed by atoms with van der Waals surface area (Å²) in [6.45, 7) is 2.21. The van der Waals surface area contributed by atoms with Crippen molar-refractivity contribution in [1.82, 2.24) is 0 Å². The Balaban J connectivity index is 2.15. The highest BCUT2D eigenvalue weighted by Crippen LogP contribution is 2.41. The maximum Gasteiger partial charge on any atom is 0.0661 e. The number of aliphatic hydroxyl groups is 1. The van der Waals surface area contributed by atoms with Gasteiger partial charge in [-0.05, 0) is 59.8 Å². The first kappa shape index (κ1) is 12.2. The quantitative estimate of drug-likeness (QED) is 0.889. The molecule has 1 saturated carbocycles. The van der Waals surface area contributed by atoms with E-state index < -0.39 is 0 Å². The Morgan fingerprint density at radius 1 is 1.56 bits per heavy atom. The first-order chi connectivity index (χ1) is 7.55. The molecular formula is C12H15BrClNO. The lowest BCUT2D eigenvalue weighted by Gasteiger charge is -2.30. The molecule has 0 radical (unpaired) electrons. The summed E-state index contributed by atoms with van der Waals surface area (Å²) in [6, 6.07) is 5.72. The van der Waals surface area contributed by atoms with E-state index >= 15 is 0 Å². The van der Waals surface area contributed by atoms with Crippen LogP contribution in [0.15, 0.2) is 22.7 Å². The molecule has 0 amide bonds. The molecule has 16 heavy (non-hydrogen) atoms. The van der Waals surface area contributed by atoms with Gasteiger partial charge in [0.25, 0.3) is 0 Å². The molecule has 2 nitrogen and oxygen atoms in total. The molecule has 1 aliphatic rings. The Labute approximate surface area is 109 Å². The van der Waals surface area contributed by atoms with Gasteiger partial charge < -0.3 is 10.4 Å². The Kier molecular flexibility index (Phi) is 3.48. The third-order valence-electron chi connectivity index (χ3n) is 3.16. The van der Waals surface area contributed by atoms with E-state index in [4.69, 9.17) is 11.6 Å². The summed E-state index contributed by atoms with van der Waals surface area (Å²) in [7, 11) is 0. The number of nitrogens with one attached hydrogen (secondary N) is 1. The van der Waals surface area contributed by atoms with Crippen molar-refractivity contribution in [1.29, 1.82) is 0 Å². The molecule has 2 rings (SSSR count). The van der Waals surface area contributed by atoms with Crippen molar-refractivity contribution in [3.05, 3.63) is 27.7 Å². The molecule has 0 bridgehead atoms. The lowest BCUT2D eigenvalue weighted by molar-refractivity contribution is 0.206. The summed E-state index contributed by atoms with van der Waals surface area (Å²) in [4.78, 5) is 0. The second-order valence-electron chi connectivity index (χ2n) is 4.60. The van der Waals surface area contributed by atoms with Crippen LogP contribution < -0.4 is 5.32 Å². The molecule has 1 atom stereocenters. The Bertz CT molecular complexity index is 395. The molecule has 88 valence electrons. The predicted molar refractivity (Wildman–Crippen MR) is 71.0 cm³/mol. The number of hydrogen-bond donors (Lipinski definition) is 2. The monoisotopic (exact) mass is 303 g/mol. The summed E-state index contributed by atoms with van der Waals surface area (Å²) < 4.78 is 0.871. The van der Waals surface area contributed by atoms with Crippen molar-refractivity contribution in [2.45, 2.75) is 25.3 Å². The molecule has 0 aliphatic heterocycles. The molecule has 0 spiro atoms. The average Bonchev–Trinajstić information content (AvgIpc) is 3.07. The standard InChI is InChI=1S/C12H15BrClNO/c1-12(7-16,8-2-3-8)15-9-4-5-11(14)10(13)6-9/h4-6,8,15-16H,2-3,7H2,1H3. The van der Waals surface area contributed by atoms with Crippen LogP contribution in [0.1, 0.15) is 19.8 Å².